The Morgan fingerprint density at radius 2 is 2.00 bits per heavy atom. The molecule has 0 atom stereocenters. The first kappa shape index (κ1) is 20.6. The van der Waals surface area contributed by atoms with Gasteiger partial charge in [-0.1, -0.05) is 18.9 Å². The molecule has 0 amide bonds. The van der Waals surface area contributed by atoms with Gasteiger partial charge in [0.1, 0.15) is 5.76 Å². The number of aromatic amines is 1. The SMILES string of the molecule is Cc1cc(C)c2cc(CN(Cc3ccco3)Cc3nnnn3C3CCCC3)c(=O)[nH]c2c1. The van der Waals surface area contributed by atoms with Crippen LogP contribution >= 0.6 is 0 Å². The molecule has 32 heavy (non-hydrogen) atoms. The number of H-pyrrole nitrogens is 1. The lowest BCUT2D eigenvalue weighted by Gasteiger charge is -2.22. The fourth-order valence-electron chi connectivity index (χ4n) is 4.81. The molecule has 1 aromatic carbocycles. The van der Waals surface area contributed by atoms with Crippen molar-refractivity contribution >= 4 is 10.9 Å². The Kier molecular flexibility index (Phi) is 5.61. The van der Waals surface area contributed by atoms with Crippen LogP contribution in [0.4, 0.5) is 0 Å². The Balaban J connectivity index is 1.46. The van der Waals surface area contributed by atoms with Gasteiger partial charge in [-0.2, -0.15) is 0 Å². The zero-order chi connectivity index (χ0) is 22.1. The molecular formula is C24H28N6O2. The van der Waals surface area contributed by atoms with Crippen LogP contribution in [-0.2, 0) is 19.6 Å². The first-order valence-electron chi connectivity index (χ1n) is 11.2. The van der Waals surface area contributed by atoms with Gasteiger partial charge in [-0.3, -0.25) is 9.69 Å². The van der Waals surface area contributed by atoms with Crippen LogP contribution in [0.25, 0.3) is 10.9 Å². The van der Waals surface area contributed by atoms with E-state index in [9.17, 15) is 4.79 Å². The molecule has 0 unspecified atom stereocenters. The van der Waals surface area contributed by atoms with E-state index >= 15 is 0 Å². The van der Waals surface area contributed by atoms with Crippen LogP contribution in [-0.4, -0.2) is 30.1 Å². The van der Waals surface area contributed by atoms with Crippen LogP contribution in [0, 0.1) is 13.8 Å². The summed E-state index contributed by atoms with van der Waals surface area (Å²) in [7, 11) is 0. The Morgan fingerprint density at radius 1 is 1.16 bits per heavy atom. The lowest BCUT2D eigenvalue weighted by atomic mass is 10.0. The van der Waals surface area contributed by atoms with Crippen molar-refractivity contribution in [3.05, 3.63) is 75.2 Å². The monoisotopic (exact) mass is 432 g/mol. The fraction of sp³-hybridized carbons (Fsp3) is 0.417. The molecular weight excluding hydrogens is 404 g/mol. The number of hydrogen-bond acceptors (Lipinski definition) is 6. The molecule has 1 saturated carbocycles. The number of tetrazole rings is 1. The van der Waals surface area contributed by atoms with E-state index in [1.165, 1.54) is 12.8 Å². The summed E-state index contributed by atoms with van der Waals surface area (Å²) >= 11 is 0. The van der Waals surface area contributed by atoms with E-state index in [-0.39, 0.29) is 5.56 Å². The number of benzene rings is 1. The van der Waals surface area contributed by atoms with Gasteiger partial charge in [0.15, 0.2) is 5.82 Å². The van der Waals surface area contributed by atoms with Crippen LogP contribution in [0.1, 0.15) is 60.0 Å². The molecule has 1 fully saturated rings. The molecule has 1 N–H and O–H groups in total. The van der Waals surface area contributed by atoms with Crippen molar-refractivity contribution in [1.29, 1.82) is 0 Å². The minimum absolute atomic E-state index is 0.0673. The van der Waals surface area contributed by atoms with E-state index in [2.05, 4.69) is 38.4 Å². The summed E-state index contributed by atoms with van der Waals surface area (Å²) in [5.74, 6) is 1.67. The van der Waals surface area contributed by atoms with Crippen molar-refractivity contribution in [2.75, 3.05) is 0 Å². The molecule has 8 nitrogen and oxygen atoms in total. The molecule has 3 heterocycles. The lowest BCUT2D eigenvalue weighted by molar-refractivity contribution is 0.213. The second-order valence-corrected chi connectivity index (χ2v) is 8.87. The number of fused-ring (bicyclic) bond motifs is 1. The molecule has 0 spiro atoms. The topological polar surface area (TPSA) is 92.8 Å². The van der Waals surface area contributed by atoms with Crippen molar-refractivity contribution in [3.63, 3.8) is 0 Å². The van der Waals surface area contributed by atoms with Crippen molar-refractivity contribution in [1.82, 2.24) is 30.1 Å². The highest BCUT2D eigenvalue weighted by Crippen LogP contribution is 2.29. The van der Waals surface area contributed by atoms with Gasteiger partial charge in [-0.25, -0.2) is 4.68 Å². The number of aromatic nitrogens is 5. The van der Waals surface area contributed by atoms with E-state index in [4.69, 9.17) is 4.42 Å². The number of nitrogens with zero attached hydrogens (tertiary/aromatic N) is 5. The molecule has 0 radical (unpaired) electrons. The number of furan rings is 1. The Morgan fingerprint density at radius 3 is 2.78 bits per heavy atom. The van der Waals surface area contributed by atoms with Crippen LogP contribution in [0.5, 0.6) is 0 Å². The quantitative estimate of drug-likeness (QED) is 0.474. The summed E-state index contributed by atoms with van der Waals surface area (Å²) in [5, 5.41) is 13.6. The van der Waals surface area contributed by atoms with Gasteiger partial charge in [-0.05, 0) is 72.5 Å². The molecule has 0 bridgehead atoms. The van der Waals surface area contributed by atoms with Gasteiger partial charge < -0.3 is 9.40 Å². The van der Waals surface area contributed by atoms with Crippen molar-refractivity contribution < 1.29 is 4.42 Å². The summed E-state index contributed by atoms with van der Waals surface area (Å²) in [6, 6.07) is 10.4. The van der Waals surface area contributed by atoms with Gasteiger partial charge in [0, 0.05) is 23.0 Å². The maximum atomic E-state index is 12.9. The van der Waals surface area contributed by atoms with Gasteiger partial charge >= 0.3 is 0 Å². The van der Waals surface area contributed by atoms with E-state index < -0.39 is 0 Å². The highest BCUT2D eigenvalue weighted by atomic mass is 16.3. The summed E-state index contributed by atoms with van der Waals surface area (Å²) in [5.41, 5.74) is 3.81. The Labute approximate surface area is 186 Å². The number of pyridine rings is 1. The smallest absolute Gasteiger partial charge is 0.252 e. The minimum atomic E-state index is -0.0673. The third-order valence-electron chi connectivity index (χ3n) is 6.34. The lowest BCUT2D eigenvalue weighted by Crippen LogP contribution is -2.28. The van der Waals surface area contributed by atoms with Gasteiger partial charge in [0.25, 0.3) is 5.56 Å². The molecule has 0 aliphatic heterocycles. The summed E-state index contributed by atoms with van der Waals surface area (Å²) in [6.45, 7) is 5.69. The van der Waals surface area contributed by atoms with E-state index in [1.54, 1.807) is 6.26 Å². The second-order valence-electron chi connectivity index (χ2n) is 8.87. The minimum Gasteiger partial charge on any atom is -0.468 e. The number of rotatable bonds is 7. The largest absolute Gasteiger partial charge is 0.468 e. The first-order chi connectivity index (χ1) is 15.6. The molecule has 1 aliphatic rings. The van der Waals surface area contributed by atoms with Crippen LogP contribution in [0.2, 0.25) is 0 Å². The predicted octanol–water partition coefficient (Wildman–Crippen LogP) is 4.04. The summed E-state index contributed by atoms with van der Waals surface area (Å²) < 4.78 is 7.57. The van der Waals surface area contributed by atoms with Gasteiger partial charge in [0.05, 0.1) is 25.4 Å². The van der Waals surface area contributed by atoms with Gasteiger partial charge in [0.2, 0.25) is 0 Å². The molecule has 5 rings (SSSR count). The van der Waals surface area contributed by atoms with Crippen LogP contribution in [0.15, 0.2) is 45.8 Å². The maximum absolute atomic E-state index is 12.9. The second kappa shape index (κ2) is 8.70. The zero-order valence-corrected chi connectivity index (χ0v) is 18.5. The number of nitrogens with one attached hydrogen (secondary N) is 1. The summed E-state index contributed by atoms with van der Waals surface area (Å²) in [6.07, 6.45) is 6.32. The Hall–Kier alpha value is -3.26. The normalized spacial score (nSPS) is 14.7. The van der Waals surface area contributed by atoms with E-state index in [0.29, 0.717) is 25.7 Å². The third kappa shape index (κ3) is 4.23. The van der Waals surface area contributed by atoms with Crippen LogP contribution < -0.4 is 5.56 Å². The first-order valence-corrected chi connectivity index (χ1v) is 11.2. The molecule has 166 valence electrons. The number of hydrogen-bond donors (Lipinski definition) is 1. The van der Waals surface area contributed by atoms with Crippen molar-refractivity contribution in [2.45, 2.75) is 65.2 Å². The van der Waals surface area contributed by atoms with E-state index in [0.717, 1.165) is 52.0 Å². The standard InChI is InChI=1S/C24H28N6O2/c1-16-10-17(2)21-12-18(24(31)25-22(21)11-16)13-29(14-20-8-5-9-32-20)15-23-26-27-28-30(23)19-6-3-4-7-19/h5,8-12,19H,3-4,6-7,13-15H2,1-2H3,(H,25,31). The van der Waals surface area contributed by atoms with Crippen LogP contribution in [0.3, 0.4) is 0 Å². The Bertz CT molecular complexity index is 1270. The van der Waals surface area contributed by atoms with Crippen molar-refractivity contribution in [2.24, 2.45) is 0 Å². The molecule has 4 aromatic rings. The number of aryl methyl sites for hydroxylation is 2. The van der Waals surface area contributed by atoms with Gasteiger partial charge in [-0.15, -0.1) is 5.10 Å². The average Bonchev–Trinajstić information content (AvgIpc) is 3.51. The summed E-state index contributed by atoms with van der Waals surface area (Å²) in [4.78, 5) is 18.2. The van der Waals surface area contributed by atoms with Crippen molar-refractivity contribution in [3.8, 4) is 0 Å². The highest BCUT2D eigenvalue weighted by Gasteiger charge is 2.23. The highest BCUT2D eigenvalue weighted by molar-refractivity contribution is 5.83. The molecule has 0 saturated heterocycles. The molecule has 1 aliphatic carbocycles. The predicted molar refractivity (Wildman–Crippen MR) is 121 cm³/mol. The molecule has 3 aromatic heterocycles. The third-order valence-corrected chi connectivity index (χ3v) is 6.34. The zero-order valence-electron chi connectivity index (χ0n) is 18.5. The fourth-order valence-corrected chi connectivity index (χ4v) is 4.81. The maximum Gasteiger partial charge on any atom is 0.252 e. The van der Waals surface area contributed by atoms with E-state index in [1.807, 2.05) is 35.9 Å². The molecule has 8 heteroatoms. The average molecular weight is 433 g/mol.